The van der Waals surface area contributed by atoms with E-state index >= 15 is 0 Å². The summed E-state index contributed by atoms with van der Waals surface area (Å²) in [6.45, 7) is 0. The third kappa shape index (κ3) is 3.27. The number of carbonyl (C=O) groups is 1. The van der Waals surface area contributed by atoms with Crippen molar-refractivity contribution < 1.29 is 9.90 Å². The minimum absolute atomic E-state index is 0.000992. The standard InChI is InChI=1S/C11H8BrIN2O2S/c12-8-5-7(13)1-2-9(8)15-4-3-14-11(15)18-6-10(16)17/h1-5H,6H2,(H,16,17). The molecule has 0 spiro atoms. The van der Waals surface area contributed by atoms with Gasteiger partial charge in [0, 0.05) is 20.4 Å². The van der Waals surface area contributed by atoms with Gasteiger partial charge in [-0.2, -0.15) is 0 Å². The van der Waals surface area contributed by atoms with E-state index in [1.54, 1.807) is 6.20 Å². The molecule has 0 saturated carbocycles. The molecule has 7 heteroatoms. The van der Waals surface area contributed by atoms with Crippen LogP contribution in [-0.2, 0) is 4.79 Å². The van der Waals surface area contributed by atoms with Crippen molar-refractivity contribution in [2.24, 2.45) is 0 Å². The number of aliphatic carboxylic acids is 1. The molecule has 2 aromatic rings. The molecule has 0 fully saturated rings. The average Bonchev–Trinajstić information content (AvgIpc) is 2.74. The predicted molar refractivity (Wildman–Crippen MR) is 82.3 cm³/mol. The van der Waals surface area contributed by atoms with Gasteiger partial charge in [0.05, 0.1) is 11.4 Å². The molecular formula is C11H8BrIN2O2S. The van der Waals surface area contributed by atoms with Gasteiger partial charge in [-0.15, -0.1) is 0 Å². The minimum atomic E-state index is -0.851. The van der Waals surface area contributed by atoms with Crippen LogP contribution in [-0.4, -0.2) is 26.4 Å². The molecule has 0 bridgehead atoms. The van der Waals surface area contributed by atoms with Gasteiger partial charge in [0.2, 0.25) is 0 Å². The van der Waals surface area contributed by atoms with Crippen LogP contribution in [0.4, 0.5) is 0 Å². The second kappa shape index (κ2) is 6.07. The molecule has 1 aromatic carbocycles. The Balaban J connectivity index is 2.33. The van der Waals surface area contributed by atoms with E-state index in [4.69, 9.17) is 5.11 Å². The monoisotopic (exact) mass is 438 g/mol. The van der Waals surface area contributed by atoms with Crippen LogP contribution in [0, 0.1) is 3.57 Å². The largest absolute Gasteiger partial charge is 0.481 e. The van der Waals surface area contributed by atoms with Crippen LogP contribution in [0.3, 0.4) is 0 Å². The Kier molecular flexibility index (Phi) is 4.68. The van der Waals surface area contributed by atoms with Gasteiger partial charge in [-0.3, -0.25) is 9.36 Å². The first-order chi connectivity index (χ1) is 8.58. The van der Waals surface area contributed by atoms with Gasteiger partial charge in [-0.05, 0) is 56.7 Å². The Morgan fingerprint density at radius 1 is 1.56 bits per heavy atom. The van der Waals surface area contributed by atoms with E-state index in [2.05, 4.69) is 43.5 Å². The summed E-state index contributed by atoms with van der Waals surface area (Å²) in [4.78, 5) is 14.8. The highest BCUT2D eigenvalue weighted by atomic mass is 127. The Morgan fingerprint density at radius 2 is 2.33 bits per heavy atom. The van der Waals surface area contributed by atoms with E-state index in [1.807, 2.05) is 29.0 Å². The van der Waals surface area contributed by atoms with E-state index < -0.39 is 5.97 Å². The van der Waals surface area contributed by atoms with Crippen LogP contribution < -0.4 is 0 Å². The number of imidazole rings is 1. The lowest BCUT2D eigenvalue weighted by Gasteiger charge is -2.09. The first-order valence-corrected chi connectivity index (χ1v) is 7.77. The van der Waals surface area contributed by atoms with Gasteiger partial charge < -0.3 is 5.11 Å². The maximum absolute atomic E-state index is 10.6. The van der Waals surface area contributed by atoms with Gasteiger partial charge in [0.15, 0.2) is 5.16 Å². The van der Waals surface area contributed by atoms with Crippen molar-refractivity contribution in [1.29, 1.82) is 0 Å². The number of carboxylic acid groups (broad SMARTS) is 1. The average molecular weight is 439 g/mol. The second-order valence-electron chi connectivity index (χ2n) is 3.36. The van der Waals surface area contributed by atoms with Crippen LogP contribution in [0.5, 0.6) is 0 Å². The topological polar surface area (TPSA) is 55.1 Å². The first kappa shape index (κ1) is 13.9. The molecule has 0 amide bonds. The minimum Gasteiger partial charge on any atom is -0.481 e. The number of nitrogens with zero attached hydrogens (tertiary/aromatic N) is 2. The molecule has 0 atom stereocenters. The number of hydrogen-bond donors (Lipinski definition) is 1. The number of thioether (sulfide) groups is 1. The molecule has 0 aliphatic heterocycles. The molecule has 4 nitrogen and oxygen atoms in total. The van der Waals surface area contributed by atoms with Crippen LogP contribution in [0.1, 0.15) is 0 Å². The molecule has 0 aliphatic carbocycles. The Bertz CT molecular complexity index is 588. The van der Waals surface area contributed by atoms with Crippen molar-refractivity contribution in [2.45, 2.75) is 5.16 Å². The van der Waals surface area contributed by atoms with E-state index in [-0.39, 0.29) is 5.75 Å². The van der Waals surface area contributed by atoms with Crippen molar-refractivity contribution in [3.05, 3.63) is 38.6 Å². The zero-order valence-corrected chi connectivity index (χ0v) is 13.6. The highest BCUT2D eigenvalue weighted by Gasteiger charge is 2.10. The second-order valence-corrected chi connectivity index (χ2v) is 6.40. The van der Waals surface area contributed by atoms with Gasteiger partial charge in [0.25, 0.3) is 0 Å². The Labute approximate surface area is 130 Å². The molecule has 0 saturated heterocycles. The maximum Gasteiger partial charge on any atom is 0.313 e. The SMILES string of the molecule is O=C(O)CSc1nccn1-c1ccc(I)cc1Br. The first-order valence-electron chi connectivity index (χ1n) is 4.91. The zero-order valence-electron chi connectivity index (χ0n) is 9.01. The normalized spacial score (nSPS) is 10.6. The quantitative estimate of drug-likeness (QED) is 0.587. The lowest BCUT2D eigenvalue weighted by atomic mass is 10.3. The van der Waals surface area contributed by atoms with E-state index in [0.29, 0.717) is 5.16 Å². The molecule has 18 heavy (non-hydrogen) atoms. The summed E-state index contributed by atoms with van der Waals surface area (Å²) in [7, 11) is 0. The summed E-state index contributed by atoms with van der Waals surface area (Å²) in [6.07, 6.45) is 3.48. The highest BCUT2D eigenvalue weighted by molar-refractivity contribution is 14.1. The molecule has 0 aliphatic rings. The van der Waals surface area contributed by atoms with Crippen molar-refractivity contribution >= 4 is 56.3 Å². The fourth-order valence-corrected chi connectivity index (χ4v) is 3.56. The van der Waals surface area contributed by atoms with Crippen LogP contribution in [0.25, 0.3) is 5.69 Å². The third-order valence-corrected chi connectivity index (χ3v) is 4.36. The van der Waals surface area contributed by atoms with Gasteiger partial charge in [0.1, 0.15) is 0 Å². The summed E-state index contributed by atoms with van der Waals surface area (Å²) in [5.74, 6) is -0.852. The summed E-state index contributed by atoms with van der Waals surface area (Å²) in [6, 6.07) is 5.96. The molecule has 1 N–H and O–H groups in total. The predicted octanol–water partition coefficient (Wildman–Crippen LogP) is 3.42. The molecule has 0 radical (unpaired) electrons. The molecule has 1 heterocycles. The maximum atomic E-state index is 10.6. The van der Waals surface area contributed by atoms with Crippen LogP contribution in [0.15, 0.2) is 40.2 Å². The van der Waals surface area contributed by atoms with Crippen molar-refractivity contribution in [3.8, 4) is 5.69 Å². The van der Waals surface area contributed by atoms with E-state index in [9.17, 15) is 4.79 Å². The van der Waals surface area contributed by atoms with Crippen LogP contribution in [0.2, 0.25) is 0 Å². The Morgan fingerprint density at radius 3 is 3.00 bits per heavy atom. The number of benzene rings is 1. The number of aromatic nitrogens is 2. The molecule has 0 unspecified atom stereocenters. The number of hydrogen-bond acceptors (Lipinski definition) is 3. The summed E-state index contributed by atoms with van der Waals surface area (Å²) < 4.78 is 3.95. The van der Waals surface area contributed by atoms with Crippen molar-refractivity contribution in [1.82, 2.24) is 9.55 Å². The lowest BCUT2D eigenvalue weighted by Crippen LogP contribution is -2.01. The van der Waals surface area contributed by atoms with Gasteiger partial charge >= 0.3 is 5.97 Å². The lowest BCUT2D eigenvalue weighted by molar-refractivity contribution is -0.133. The molecule has 2 rings (SSSR count). The zero-order chi connectivity index (χ0) is 13.1. The van der Waals surface area contributed by atoms with Gasteiger partial charge in [-0.1, -0.05) is 11.8 Å². The van der Waals surface area contributed by atoms with Gasteiger partial charge in [-0.25, -0.2) is 4.98 Å². The highest BCUT2D eigenvalue weighted by Crippen LogP contribution is 2.27. The summed E-state index contributed by atoms with van der Waals surface area (Å²) in [5, 5.41) is 9.36. The third-order valence-electron chi connectivity index (χ3n) is 2.10. The summed E-state index contributed by atoms with van der Waals surface area (Å²) in [5.41, 5.74) is 0.945. The smallest absolute Gasteiger partial charge is 0.313 e. The fraction of sp³-hybridized carbons (Fsp3) is 0.0909. The van der Waals surface area contributed by atoms with Crippen molar-refractivity contribution in [3.63, 3.8) is 0 Å². The number of carboxylic acids is 1. The van der Waals surface area contributed by atoms with Crippen molar-refractivity contribution in [2.75, 3.05) is 5.75 Å². The van der Waals surface area contributed by atoms with E-state index in [0.717, 1.165) is 13.7 Å². The summed E-state index contributed by atoms with van der Waals surface area (Å²) >= 11 is 6.94. The van der Waals surface area contributed by atoms with E-state index in [1.165, 1.54) is 11.8 Å². The fourth-order valence-electron chi connectivity index (χ4n) is 1.38. The number of halogens is 2. The molecule has 1 aromatic heterocycles. The van der Waals surface area contributed by atoms with Crippen LogP contribution >= 0.6 is 50.3 Å². The number of rotatable bonds is 4. The Hall–Kier alpha value is -0.540. The molecular weight excluding hydrogens is 431 g/mol. The molecule has 94 valence electrons.